The van der Waals surface area contributed by atoms with Gasteiger partial charge in [0.25, 0.3) is 0 Å². The fourth-order valence-corrected chi connectivity index (χ4v) is 4.71. The third-order valence-electron chi connectivity index (χ3n) is 6.11. The lowest BCUT2D eigenvalue weighted by molar-refractivity contribution is -0.152. The van der Waals surface area contributed by atoms with Gasteiger partial charge in [0.15, 0.2) is 8.32 Å². The van der Waals surface area contributed by atoms with E-state index in [9.17, 15) is 9.90 Å². The topological polar surface area (TPSA) is 55.8 Å². The summed E-state index contributed by atoms with van der Waals surface area (Å²) >= 11 is 0. The van der Waals surface area contributed by atoms with Gasteiger partial charge in [0.2, 0.25) is 0 Å². The first kappa shape index (κ1) is 22.1. The Morgan fingerprint density at radius 1 is 1.19 bits per heavy atom. The molecule has 27 heavy (non-hydrogen) atoms. The molecule has 0 amide bonds. The number of hydrogen-bond donors (Lipinski definition) is 1. The molecule has 152 valence electrons. The minimum atomic E-state index is -2.02. The van der Waals surface area contributed by atoms with Crippen molar-refractivity contribution >= 4 is 14.3 Å². The summed E-state index contributed by atoms with van der Waals surface area (Å²) < 4.78 is 12.6. The minimum Gasteiger partial charge on any atom is -0.457 e. The van der Waals surface area contributed by atoms with Crippen LogP contribution in [0.5, 0.6) is 0 Å². The summed E-state index contributed by atoms with van der Waals surface area (Å²) in [5, 5.41) is 10.2. The highest BCUT2D eigenvalue weighted by molar-refractivity contribution is 6.74. The highest BCUT2D eigenvalue weighted by Gasteiger charge is 2.41. The van der Waals surface area contributed by atoms with Crippen LogP contribution in [0.3, 0.4) is 0 Å². The van der Waals surface area contributed by atoms with Crippen LogP contribution in [0.2, 0.25) is 18.1 Å². The lowest BCUT2D eigenvalue weighted by Crippen LogP contribution is -2.47. The van der Waals surface area contributed by atoms with Gasteiger partial charge in [-0.05, 0) is 36.5 Å². The van der Waals surface area contributed by atoms with Gasteiger partial charge in [0, 0.05) is 25.4 Å². The first-order chi connectivity index (χ1) is 12.6. The summed E-state index contributed by atoms with van der Waals surface area (Å²) in [7, 11) is -2.02. The van der Waals surface area contributed by atoms with E-state index in [1.165, 1.54) is 0 Å². The molecule has 1 fully saturated rings. The Morgan fingerprint density at radius 3 is 2.44 bits per heavy atom. The Labute approximate surface area is 165 Å². The molecule has 0 aromatic heterocycles. The second-order valence-electron chi connectivity index (χ2n) is 9.23. The van der Waals surface area contributed by atoms with Crippen LogP contribution in [0, 0.1) is 5.92 Å². The van der Waals surface area contributed by atoms with Crippen LogP contribution in [0.15, 0.2) is 30.3 Å². The van der Waals surface area contributed by atoms with E-state index in [0.29, 0.717) is 12.8 Å². The number of hydrogen-bond acceptors (Lipinski definition) is 4. The molecule has 3 atom stereocenters. The number of esters is 1. The van der Waals surface area contributed by atoms with Crippen LogP contribution < -0.4 is 0 Å². The van der Waals surface area contributed by atoms with Gasteiger partial charge < -0.3 is 14.3 Å². The van der Waals surface area contributed by atoms with Gasteiger partial charge in [-0.15, -0.1) is 0 Å². The third kappa shape index (κ3) is 6.16. The molecule has 0 bridgehead atoms. The Hall–Kier alpha value is -1.17. The molecule has 0 radical (unpaired) electrons. The summed E-state index contributed by atoms with van der Waals surface area (Å²) in [4.78, 5) is 12.3. The molecule has 1 aromatic rings. The van der Waals surface area contributed by atoms with Gasteiger partial charge >= 0.3 is 5.97 Å². The van der Waals surface area contributed by atoms with Crippen molar-refractivity contribution in [2.24, 2.45) is 5.92 Å². The van der Waals surface area contributed by atoms with E-state index in [0.717, 1.165) is 24.8 Å². The van der Waals surface area contributed by atoms with E-state index >= 15 is 0 Å². The first-order valence-electron chi connectivity index (χ1n) is 10.2. The van der Waals surface area contributed by atoms with Crippen LogP contribution in [0.25, 0.3) is 0 Å². The summed E-state index contributed by atoms with van der Waals surface area (Å²) in [6, 6.07) is 9.90. The van der Waals surface area contributed by atoms with Gasteiger partial charge in [-0.3, -0.25) is 4.79 Å². The molecule has 1 heterocycles. The molecule has 5 heteroatoms. The van der Waals surface area contributed by atoms with E-state index < -0.39 is 8.32 Å². The van der Waals surface area contributed by atoms with E-state index in [4.69, 9.17) is 9.16 Å². The van der Waals surface area contributed by atoms with Crippen LogP contribution in [-0.2, 0) is 14.0 Å². The van der Waals surface area contributed by atoms with E-state index in [-0.39, 0.29) is 35.7 Å². The quantitative estimate of drug-likeness (QED) is 0.563. The predicted octanol–water partition coefficient (Wildman–Crippen LogP) is 5.23. The van der Waals surface area contributed by atoms with Crippen LogP contribution >= 0.6 is 0 Å². The Kier molecular flexibility index (Phi) is 7.66. The number of carbonyl (C=O) groups is 1. The van der Waals surface area contributed by atoms with Crippen LogP contribution in [-0.4, -0.2) is 32.1 Å². The highest BCUT2D eigenvalue weighted by Crippen LogP contribution is 2.40. The molecule has 1 aromatic carbocycles. The lowest BCUT2D eigenvalue weighted by Gasteiger charge is -2.42. The van der Waals surface area contributed by atoms with E-state index in [1.807, 2.05) is 30.3 Å². The molecule has 1 aliphatic heterocycles. The van der Waals surface area contributed by atoms with Gasteiger partial charge in [-0.25, -0.2) is 0 Å². The van der Waals surface area contributed by atoms with Crippen molar-refractivity contribution in [2.75, 3.05) is 6.61 Å². The van der Waals surface area contributed by atoms with Crippen molar-refractivity contribution in [3.05, 3.63) is 35.9 Å². The molecule has 0 spiro atoms. The fraction of sp³-hybridized carbons (Fsp3) is 0.682. The third-order valence-corrected chi connectivity index (χ3v) is 10.6. The maximum atomic E-state index is 12.3. The van der Waals surface area contributed by atoms with Gasteiger partial charge in [0.05, 0.1) is 6.10 Å². The van der Waals surface area contributed by atoms with Crippen molar-refractivity contribution in [3.8, 4) is 0 Å². The summed E-state index contributed by atoms with van der Waals surface area (Å²) in [5.41, 5.74) is 0.993. The standard InChI is InChI=1S/C22H36O4Si/c1-22(2,3)27(4,5)26-20-15-19(17-11-7-6-8-12-17)25-21(24)14-10-9-13-18(20)16-23/h6-8,11-12,18-20,23H,9-10,13-16H2,1-5H3/t18-,19+,20+/m0/s1. The number of carbonyl (C=O) groups excluding carboxylic acids is 1. The zero-order valence-electron chi connectivity index (χ0n) is 17.5. The van der Waals surface area contributed by atoms with Crippen molar-refractivity contribution < 1.29 is 19.1 Å². The average Bonchev–Trinajstić information content (AvgIpc) is 2.60. The Morgan fingerprint density at radius 2 is 1.85 bits per heavy atom. The van der Waals surface area contributed by atoms with Gasteiger partial charge in [0.1, 0.15) is 6.10 Å². The van der Waals surface area contributed by atoms with E-state index in [2.05, 4.69) is 33.9 Å². The second-order valence-corrected chi connectivity index (χ2v) is 14.0. The smallest absolute Gasteiger partial charge is 0.306 e. The number of aliphatic hydroxyl groups is 1. The highest BCUT2D eigenvalue weighted by atomic mass is 28.4. The average molecular weight is 393 g/mol. The molecular weight excluding hydrogens is 356 g/mol. The molecule has 1 aliphatic rings. The van der Waals surface area contributed by atoms with Crippen molar-refractivity contribution in [3.63, 3.8) is 0 Å². The van der Waals surface area contributed by atoms with Crippen molar-refractivity contribution in [2.45, 2.75) is 83.2 Å². The molecule has 1 N–H and O–H groups in total. The van der Waals surface area contributed by atoms with Gasteiger partial charge in [-0.2, -0.15) is 0 Å². The summed E-state index contributed by atoms with van der Waals surface area (Å²) in [5.74, 6) is -0.0699. The monoisotopic (exact) mass is 392 g/mol. The number of aliphatic hydroxyl groups excluding tert-OH is 1. The summed E-state index contributed by atoms with van der Waals surface area (Å²) in [6.07, 6.45) is 3.16. The molecule has 4 nitrogen and oxygen atoms in total. The van der Waals surface area contributed by atoms with Gasteiger partial charge in [-0.1, -0.05) is 57.5 Å². The molecule has 0 unspecified atom stereocenters. The normalized spacial score (nSPS) is 25.7. The molecule has 2 rings (SSSR count). The first-order valence-corrected chi connectivity index (χ1v) is 13.1. The summed E-state index contributed by atoms with van der Waals surface area (Å²) in [6.45, 7) is 11.3. The second kappa shape index (κ2) is 9.35. The van der Waals surface area contributed by atoms with Crippen LogP contribution in [0.4, 0.5) is 0 Å². The lowest BCUT2D eigenvalue weighted by atomic mass is 9.90. The zero-order valence-corrected chi connectivity index (χ0v) is 18.5. The number of cyclic esters (lactones) is 1. The largest absolute Gasteiger partial charge is 0.457 e. The molecule has 0 aliphatic carbocycles. The SMILES string of the molecule is CC(C)(C)[Si](C)(C)O[C@@H]1C[C@H](c2ccccc2)OC(=O)CCCC[C@H]1CO. The fourth-order valence-electron chi connectivity index (χ4n) is 3.31. The van der Waals surface area contributed by atoms with Crippen molar-refractivity contribution in [1.29, 1.82) is 0 Å². The maximum Gasteiger partial charge on any atom is 0.306 e. The Bertz CT molecular complexity index is 594. The number of rotatable bonds is 4. The number of ether oxygens (including phenoxy) is 1. The van der Waals surface area contributed by atoms with Crippen molar-refractivity contribution in [1.82, 2.24) is 0 Å². The Balaban J connectivity index is 2.32. The number of benzene rings is 1. The van der Waals surface area contributed by atoms with E-state index in [1.54, 1.807) is 0 Å². The zero-order chi connectivity index (χ0) is 20.1. The minimum absolute atomic E-state index is 0.0714. The van der Waals surface area contributed by atoms with Crippen LogP contribution in [0.1, 0.15) is 64.5 Å². The maximum absolute atomic E-state index is 12.3. The molecule has 0 saturated carbocycles. The predicted molar refractivity (Wildman–Crippen MR) is 111 cm³/mol. The molecular formula is C22H36O4Si. The molecule has 1 saturated heterocycles.